The second-order valence-corrected chi connectivity index (χ2v) is 13.6. The van der Waals surface area contributed by atoms with Crippen LogP contribution >= 0.6 is 23.2 Å². The number of hydrogen-bond donors (Lipinski definition) is 1. The van der Waals surface area contributed by atoms with Gasteiger partial charge >= 0.3 is 0 Å². The van der Waals surface area contributed by atoms with Crippen molar-refractivity contribution in [2.75, 3.05) is 25.2 Å². The molecule has 3 fully saturated rings. The number of likely N-dealkylation sites (tertiary alicyclic amines) is 1. The molecule has 3 aromatic carbocycles. The maximum absolute atomic E-state index is 14.3. The van der Waals surface area contributed by atoms with E-state index in [1.807, 2.05) is 12.1 Å². The minimum absolute atomic E-state index is 0.0970. The molecule has 6 atom stereocenters. The number of rotatable bonds is 7. The Morgan fingerprint density at radius 3 is 2.19 bits per heavy atom. The second kappa shape index (κ2) is 11.4. The number of amides is 4. The Kier molecular flexibility index (Phi) is 7.62. The average molecular weight is 674 g/mol. The lowest BCUT2D eigenvalue weighted by Gasteiger charge is -2.50. The zero-order valence-corrected chi connectivity index (χ0v) is 26.8. The number of aliphatic hydroxyl groups is 1. The molecule has 2 heterocycles. The number of alkyl halides is 2. The fraction of sp³-hybridized carbons (Fsp3) is 0.306. The first-order valence-corrected chi connectivity index (χ1v) is 16.1. The predicted octanol–water partition coefficient (Wildman–Crippen LogP) is 4.48. The number of benzene rings is 3. The van der Waals surface area contributed by atoms with Gasteiger partial charge < -0.3 is 9.84 Å². The van der Waals surface area contributed by atoms with Gasteiger partial charge in [-0.05, 0) is 60.7 Å². The van der Waals surface area contributed by atoms with Crippen molar-refractivity contribution in [1.29, 1.82) is 0 Å². The molecule has 2 saturated heterocycles. The summed E-state index contributed by atoms with van der Waals surface area (Å²) < 4.78 is 5.51. The standard InChI is InChI=1S/C36H30Cl2N2O7/c1-39-33(45)35(37)19-27-25(29(36(35,38)34(39)46)20-9-13-24(14-10-20)47-18-17-41)15-16-26-28(27)32(44)40(31(26)43)23-11-7-22(8-12-23)30(42)21-5-3-2-4-6-21/h2-15,26-29,41H,16-19H2,1H3/t26-,27+,28-,29-,35+,36-/m0/s1. The summed E-state index contributed by atoms with van der Waals surface area (Å²) in [4.78, 5) is 66.8. The number of allylic oxidation sites excluding steroid dienone is 2. The van der Waals surface area contributed by atoms with Gasteiger partial charge in [-0.15, -0.1) is 23.2 Å². The molecule has 2 aliphatic carbocycles. The minimum atomic E-state index is -1.88. The van der Waals surface area contributed by atoms with Crippen LogP contribution in [0.15, 0.2) is 90.5 Å². The lowest BCUT2D eigenvalue weighted by atomic mass is 9.56. The molecule has 4 aliphatic rings. The van der Waals surface area contributed by atoms with Crippen LogP contribution < -0.4 is 9.64 Å². The van der Waals surface area contributed by atoms with E-state index >= 15 is 0 Å². The predicted molar refractivity (Wildman–Crippen MR) is 173 cm³/mol. The molecule has 1 N–H and O–H groups in total. The van der Waals surface area contributed by atoms with E-state index in [0.29, 0.717) is 33.7 Å². The highest BCUT2D eigenvalue weighted by Crippen LogP contribution is 2.65. The number of aliphatic hydroxyl groups excluding tert-OH is 1. The summed E-state index contributed by atoms with van der Waals surface area (Å²) in [6, 6.07) is 22.0. The molecule has 4 amide bonds. The van der Waals surface area contributed by atoms with Crippen molar-refractivity contribution < 1.29 is 33.8 Å². The van der Waals surface area contributed by atoms with Crippen LogP contribution in [-0.2, 0) is 19.2 Å². The average Bonchev–Trinajstić information content (AvgIpc) is 3.42. The van der Waals surface area contributed by atoms with Gasteiger partial charge in [-0.2, -0.15) is 0 Å². The molecular weight excluding hydrogens is 643 g/mol. The zero-order chi connectivity index (χ0) is 33.2. The Morgan fingerprint density at radius 1 is 0.872 bits per heavy atom. The summed E-state index contributed by atoms with van der Waals surface area (Å²) >= 11 is 14.5. The third-order valence-electron chi connectivity index (χ3n) is 10.0. The molecule has 240 valence electrons. The summed E-state index contributed by atoms with van der Waals surface area (Å²) in [5, 5.41) is 9.14. The molecule has 0 bridgehead atoms. The Hall–Kier alpha value is -4.31. The van der Waals surface area contributed by atoms with Crippen LogP contribution in [0.2, 0.25) is 0 Å². The third-order valence-corrected chi connectivity index (χ3v) is 11.4. The Balaban J connectivity index is 1.25. The van der Waals surface area contributed by atoms with Crippen LogP contribution in [0.4, 0.5) is 5.69 Å². The number of hydrogen-bond acceptors (Lipinski definition) is 7. The Morgan fingerprint density at radius 2 is 1.53 bits per heavy atom. The minimum Gasteiger partial charge on any atom is -0.491 e. The van der Waals surface area contributed by atoms with Gasteiger partial charge in [0, 0.05) is 24.1 Å². The fourth-order valence-electron chi connectivity index (χ4n) is 7.81. The monoisotopic (exact) mass is 672 g/mol. The number of carbonyl (C=O) groups is 5. The molecule has 0 spiro atoms. The van der Waals surface area contributed by atoms with E-state index in [1.165, 1.54) is 7.05 Å². The highest BCUT2D eigenvalue weighted by molar-refractivity contribution is 6.53. The fourth-order valence-corrected chi connectivity index (χ4v) is 8.83. The molecule has 9 nitrogen and oxygen atoms in total. The first-order valence-electron chi connectivity index (χ1n) is 15.3. The second-order valence-electron chi connectivity index (χ2n) is 12.4. The van der Waals surface area contributed by atoms with Crippen LogP contribution in [0.25, 0.3) is 0 Å². The third kappa shape index (κ3) is 4.51. The van der Waals surface area contributed by atoms with Gasteiger partial charge in [-0.25, -0.2) is 0 Å². The molecule has 11 heteroatoms. The van der Waals surface area contributed by atoms with Gasteiger partial charge in [-0.3, -0.25) is 33.8 Å². The van der Waals surface area contributed by atoms with E-state index in [-0.39, 0.29) is 37.7 Å². The first kappa shape index (κ1) is 31.3. The first-order chi connectivity index (χ1) is 22.5. The van der Waals surface area contributed by atoms with E-state index in [9.17, 15) is 24.0 Å². The number of nitrogens with zero attached hydrogens (tertiary/aromatic N) is 2. The zero-order valence-electron chi connectivity index (χ0n) is 25.3. The summed E-state index contributed by atoms with van der Waals surface area (Å²) in [6.07, 6.45) is 2.00. The van der Waals surface area contributed by atoms with Crippen LogP contribution in [0.5, 0.6) is 5.75 Å². The summed E-state index contributed by atoms with van der Waals surface area (Å²) in [6.45, 7) is -0.0660. The SMILES string of the molecule is CN1C(=O)[C@]2(Cl)C[C@@H]3C(=CC[C@@H]4C(=O)N(c5ccc(C(=O)c6ccccc6)cc5)C(=O)[C@@H]43)[C@H](c3ccc(OCCO)cc3)[C@]2(Cl)C1=O. The molecule has 0 aromatic heterocycles. The van der Waals surface area contributed by atoms with Crippen LogP contribution in [0.3, 0.4) is 0 Å². The summed E-state index contributed by atoms with van der Waals surface area (Å²) in [5.74, 6) is -4.87. The van der Waals surface area contributed by atoms with Crippen molar-refractivity contribution in [3.63, 3.8) is 0 Å². The van der Waals surface area contributed by atoms with Crippen LogP contribution in [-0.4, -0.2) is 69.4 Å². The van der Waals surface area contributed by atoms with Gasteiger partial charge in [-0.1, -0.05) is 54.1 Å². The maximum Gasteiger partial charge on any atom is 0.253 e. The molecule has 0 radical (unpaired) electrons. The summed E-state index contributed by atoms with van der Waals surface area (Å²) in [5.41, 5.74) is 2.56. The smallest absolute Gasteiger partial charge is 0.253 e. The van der Waals surface area contributed by atoms with Gasteiger partial charge in [0.2, 0.25) is 11.8 Å². The van der Waals surface area contributed by atoms with Crippen molar-refractivity contribution in [2.45, 2.75) is 28.5 Å². The Labute approximate surface area is 280 Å². The van der Waals surface area contributed by atoms with Crippen molar-refractivity contribution in [3.8, 4) is 5.75 Å². The quantitative estimate of drug-likeness (QED) is 0.170. The van der Waals surface area contributed by atoms with Gasteiger partial charge in [0.25, 0.3) is 11.8 Å². The molecule has 1 saturated carbocycles. The number of ether oxygens (including phenoxy) is 1. The van der Waals surface area contributed by atoms with Crippen molar-refractivity contribution >= 4 is 58.3 Å². The number of fused-ring (bicyclic) bond motifs is 4. The van der Waals surface area contributed by atoms with Gasteiger partial charge in [0.15, 0.2) is 15.5 Å². The molecule has 0 unspecified atom stereocenters. The number of carbonyl (C=O) groups excluding carboxylic acids is 5. The van der Waals surface area contributed by atoms with Crippen LogP contribution in [0.1, 0.15) is 40.2 Å². The lowest BCUT2D eigenvalue weighted by molar-refractivity contribution is -0.138. The van der Waals surface area contributed by atoms with E-state index in [1.54, 1.807) is 72.8 Å². The number of halogens is 2. The van der Waals surface area contributed by atoms with Gasteiger partial charge in [0.1, 0.15) is 12.4 Å². The molecule has 3 aromatic rings. The van der Waals surface area contributed by atoms with E-state index in [4.69, 9.17) is 33.0 Å². The van der Waals surface area contributed by atoms with E-state index in [2.05, 4.69) is 0 Å². The van der Waals surface area contributed by atoms with E-state index in [0.717, 1.165) is 9.80 Å². The molecule has 7 rings (SSSR count). The van der Waals surface area contributed by atoms with Crippen LogP contribution in [0, 0.1) is 17.8 Å². The van der Waals surface area contributed by atoms with Crippen molar-refractivity contribution in [2.24, 2.45) is 17.8 Å². The van der Waals surface area contributed by atoms with Crippen molar-refractivity contribution in [1.82, 2.24) is 4.90 Å². The highest BCUT2D eigenvalue weighted by Gasteiger charge is 2.75. The molecule has 47 heavy (non-hydrogen) atoms. The van der Waals surface area contributed by atoms with Crippen molar-refractivity contribution in [3.05, 3.63) is 107 Å². The van der Waals surface area contributed by atoms with E-state index < -0.39 is 51.1 Å². The maximum atomic E-state index is 14.3. The number of anilines is 1. The number of ketones is 1. The lowest BCUT2D eigenvalue weighted by Crippen LogP contribution is -2.60. The molecular formula is C36H30Cl2N2O7. The topological polar surface area (TPSA) is 121 Å². The number of imide groups is 2. The normalized spacial score (nSPS) is 29.7. The Bertz CT molecular complexity index is 1840. The van der Waals surface area contributed by atoms with Gasteiger partial charge in [0.05, 0.1) is 24.1 Å². The summed E-state index contributed by atoms with van der Waals surface area (Å²) in [7, 11) is 1.35. The highest BCUT2D eigenvalue weighted by atomic mass is 35.5. The molecule has 2 aliphatic heterocycles. The largest absolute Gasteiger partial charge is 0.491 e.